The van der Waals surface area contributed by atoms with Crippen LogP contribution in [0.2, 0.25) is 0 Å². The summed E-state index contributed by atoms with van der Waals surface area (Å²) in [5.41, 5.74) is 2.72. The van der Waals surface area contributed by atoms with E-state index in [9.17, 15) is 24.3 Å². The Morgan fingerprint density at radius 1 is 1.00 bits per heavy atom. The smallest absolute Gasteiger partial charge is 0.261 e. The number of pyridine rings is 1. The molecule has 3 aromatic rings. The van der Waals surface area contributed by atoms with Crippen molar-refractivity contribution in [2.45, 2.75) is 58.3 Å². The largest absolute Gasteiger partial charge is 0.457 e. The molecule has 238 valence electrons. The number of aliphatic hydroxyl groups excluding tert-OH is 1. The molecule has 0 radical (unpaired) electrons. The fraction of sp³-hybridized carbons (Fsp3) is 0.412. The number of aromatic amines is 1. The van der Waals surface area contributed by atoms with Crippen LogP contribution in [0.3, 0.4) is 0 Å². The van der Waals surface area contributed by atoms with Gasteiger partial charge in [-0.05, 0) is 80.1 Å². The fourth-order valence-electron chi connectivity index (χ4n) is 5.88. The molecule has 3 aliphatic heterocycles. The molecule has 2 aromatic carbocycles. The van der Waals surface area contributed by atoms with Gasteiger partial charge in [-0.1, -0.05) is 24.3 Å². The monoisotopic (exact) mass is 616 g/mol. The first-order valence-corrected chi connectivity index (χ1v) is 15.4. The number of nitrogens with one attached hydrogen (secondary N) is 2. The first-order valence-electron chi connectivity index (χ1n) is 15.4. The lowest BCUT2D eigenvalue weighted by Crippen LogP contribution is -2.58. The van der Waals surface area contributed by atoms with Gasteiger partial charge in [-0.2, -0.15) is 0 Å². The number of amides is 3. The zero-order chi connectivity index (χ0) is 31.9. The quantitative estimate of drug-likeness (QED) is 0.409. The number of piperidine rings is 1. The highest BCUT2D eigenvalue weighted by Crippen LogP contribution is 2.25. The molecular weight excluding hydrogens is 576 g/mol. The van der Waals surface area contributed by atoms with Crippen LogP contribution in [-0.4, -0.2) is 82.5 Å². The summed E-state index contributed by atoms with van der Waals surface area (Å²) in [4.78, 5) is 58.7. The van der Waals surface area contributed by atoms with Crippen LogP contribution in [0.25, 0.3) is 0 Å². The van der Waals surface area contributed by atoms with Gasteiger partial charge >= 0.3 is 0 Å². The topological polar surface area (TPSA) is 141 Å². The first-order chi connectivity index (χ1) is 21.7. The minimum absolute atomic E-state index is 0.0775. The highest BCUT2D eigenvalue weighted by atomic mass is 16.5. The number of aliphatic hydroxyl groups is 1. The van der Waals surface area contributed by atoms with E-state index in [4.69, 9.17) is 9.47 Å². The van der Waals surface area contributed by atoms with Crippen molar-refractivity contribution in [2.75, 3.05) is 32.8 Å². The SMILES string of the molecule is Cc1cc(C)c(C(=O)N2CC[C@@H]3OCc4cccc(c4)Oc4ccc(cc4)CCC(=O)N(CCCO)CC(=O)N[C@H]3C2)c(=O)[nH]1. The summed E-state index contributed by atoms with van der Waals surface area (Å²) in [5, 5.41) is 12.4. The number of rotatable bonds is 4. The Morgan fingerprint density at radius 3 is 2.56 bits per heavy atom. The third-order valence-electron chi connectivity index (χ3n) is 8.18. The van der Waals surface area contributed by atoms with Gasteiger partial charge in [-0.3, -0.25) is 19.2 Å². The molecule has 0 spiro atoms. The third kappa shape index (κ3) is 8.17. The Bertz CT molecular complexity index is 1590. The molecule has 3 amide bonds. The van der Waals surface area contributed by atoms with E-state index >= 15 is 0 Å². The lowest BCUT2D eigenvalue weighted by molar-refractivity contribution is -0.137. The molecule has 11 nitrogen and oxygen atoms in total. The Hall–Kier alpha value is -4.48. The maximum atomic E-state index is 13.6. The second-order valence-corrected chi connectivity index (χ2v) is 11.7. The third-order valence-corrected chi connectivity index (χ3v) is 8.18. The molecule has 4 heterocycles. The molecular formula is C34H40N4O7. The molecule has 3 N–H and O–H groups in total. The van der Waals surface area contributed by atoms with Gasteiger partial charge in [0, 0.05) is 38.4 Å². The predicted octanol–water partition coefficient (Wildman–Crippen LogP) is 2.86. The van der Waals surface area contributed by atoms with Gasteiger partial charge in [0.25, 0.3) is 11.5 Å². The lowest BCUT2D eigenvalue weighted by atomic mass is 9.99. The van der Waals surface area contributed by atoms with Crippen molar-refractivity contribution in [3.8, 4) is 11.5 Å². The van der Waals surface area contributed by atoms with Crippen LogP contribution in [-0.2, 0) is 27.4 Å². The second-order valence-electron chi connectivity index (χ2n) is 11.7. The molecule has 6 rings (SSSR count). The van der Waals surface area contributed by atoms with Crippen molar-refractivity contribution in [3.05, 3.63) is 92.9 Å². The zero-order valence-corrected chi connectivity index (χ0v) is 25.7. The van der Waals surface area contributed by atoms with Crippen molar-refractivity contribution >= 4 is 17.7 Å². The number of ether oxygens (including phenoxy) is 2. The van der Waals surface area contributed by atoms with Crippen LogP contribution in [0.5, 0.6) is 11.5 Å². The van der Waals surface area contributed by atoms with Crippen LogP contribution in [0.1, 0.15) is 52.0 Å². The van der Waals surface area contributed by atoms with Crippen LogP contribution < -0.4 is 15.6 Å². The summed E-state index contributed by atoms with van der Waals surface area (Å²) >= 11 is 0. The van der Waals surface area contributed by atoms with E-state index in [2.05, 4.69) is 10.3 Å². The summed E-state index contributed by atoms with van der Waals surface area (Å²) in [5.74, 6) is 0.320. The Labute approximate surface area is 262 Å². The summed E-state index contributed by atoms with van der Waals surface area (Å²) in [6.45, 7) is 4.14. The summed E-state index contributed by atoms with van der Waals surface area (Å²) in [6.07, 6.45) is 1.01. The number of carbonyl (C=O) groups excluding carboxylic acids is 3. The molecule has 0 saturated carbocycles. The highest BCUT2D eigenvalue weighted by Gasteiger charge is 2.35. The number of carbonyl (C=O) groups is 3. The van der Waals surface area contributed by atoms with Gasteiger partial charge in [0.05, 0.1) is 25.3 Å². The normalized spacial score (nSPS) is 19.5. The number of aryl methyl sites for hydroxylation is 3. The maximum Gasteiger partial charge on any atom is 0.261 e. The van der Waals surface area contributed by atoms with Gasteiger partial charge in [-0.25, -0.2) is 0 Å². The van der Waals surface area contributed by atoms with E-state index in [1.54, 1.807) is 24.8 Å². The molecule has 1 fully saturated rings. The van der Waals surface area contributed by atoms with E-state index < -0.39 is 29.5 Å². The summed E-state index contributed by atoms with van der Waals surface area (Å²) in [6, 6.07) is 16.3. The molecule has 4 bridgehead atoms. The number of H-pyrrole nitrogens is 1. The van der Waals surface area contributed by atoms with Crippen molar-refractivity contribution in [1.29, 1.82) is 0 Å². The lowest BCUT2D eigenvalue weighted by Gasteiger charge is -2.39. The molecule has 2 atom stereocenters. The second kappa shape index (κ2) is 14.5. The van der Waals surface area contributed by atoms with E-state index in [0.717, 1.165) is 11.1 Å². The molecule has 0 unspecified atom stereocenters. The molecule has 11 heteroatoms. The molecule has 1 aromatic heterocycles. The number of nitrogens with zero attached hydrogens (tertiary/aromatic N) is 2. The van der Waals surface area contributed by atoms with E-state index in [-0.39, 0.29) is 50.7 Å². The number of fused-ring (bicyclic) bond motifs is 9. The molecule has 1 saturated heterocycles. The molecule has 3 aliphatic rings. The Balaban J connectivity index is 1.40. The number of benzene rings is 2. The average Bonchev–Trinajstić information content (AvgIpc) is 3.01. The van der Waals surface area contributed by atoms with Crippen LogP contribution in [0.4, 0.5) is 0 Å². The van der Waals surface area contributed by atoms with E-state index in [1.807, 2.05) is 48.5 Å². The number of hydrogen-bond donors (Lipinski definition) is 3. The van der Waals surface area contributed by atoms with E-state index in [1.165, 1.54) is 4.90 Å². The maximum absolute atomic E-state index is 13.6. The van der Waals surface area contributed by atoms with Crippen molar-refractivity contribution < 1.29 is 29.0 Å². The van der Waals surface area contributed by atoms with Gasteiger partial charge in [0.1, 0.15) is 17.1 Å². The van der Waals surface area contributed by atoms with Crippen molar-refractivity contribution in [3.63, 3.8) is 0 Å². The highest BCUT2D eigenvalue weighted by molar-refractivity contribution is 5.95. The van der Waals surface area contributed by atoms with Gasteiger partial charge in [0.2, 0.25) is 11.8 Å². The van der Waals surface area contributed by atoms with Crippen LogP contribution in [0.15, 0.2) is 59.4 Å². The Morgan fingerprint density at radius 2 is 1.80 bits per heavy atom. The predicted molar refractivity (Wildman–Crippen MR) is 167 cm³/mol. The standard InChI is InChI=1S/C34H40N4O7/c1-22-17-23(2)35-33(42)32(22)34(43)38-15-13-29-28(19-38)36-30(40)20-37(14-4-16-39)31(41)12-9-24-7-10-26(11-8-24)45-27-6-3-5-25(18-27)21-44-29/h3,5-8,10-11,17-18,28-29,39H,4,9,12-16,19-21H2,1-2H3,(H,35,42)(H,36,40)/t28-,29-/m0/s1. The summed E-state index contributed by atoms with van der Waals surface area (Å²) < 4.78 is 12.4. The molecule has 0 aliphatic carbocycles. The van der Waals surface area contributed by atoms with Crippen LogP contribution >= 0.6 is 0 Å². The molecule has 45 heavy (non-hydrogen) atoms. The number of likely N-dealkylation sites (tertiary alicyclic amines) is 1. The van der Waals surface area contributed by atoms with E-state index in [0.29, 0.717) is 48.6 Å². The van der Waals surface area contributed by atoms with Gasteiger partial charge < -0.3 is 34.7 Å². The number of aromatic nitrogens is 1. The van der Waals surface area contributed by atoms with Gasteiger partial charge in [-0.15, -0.1) is 0 Å². The van der Waals surface area contributed by atoms with Gasteiger partial charge in [0.15, 0.2) is 0 Å². The zero-order valence-electron chi connectivity index (χ0n) is 25.7. The summed E-state index contributed by atoms with van der Waals surface area (Å²) in [7, 11) is 0. The fourth-order valence-corrected chi connectivity index (χ4v) is 5.88. The average molecular weight is 617 g/mol. The van der Waals surface area contributed by atoms with Crippen LogP contribution in [0, 0.1) is 13.8 Å². The minimum atomic E-state index is -0.591. The van der Waals surface area contributed by atoms with Crippen molar-refractivity contribution in [1.82, 2.24) is 20.1 Å². The van der Waals surface area contributed by atoms with Crippen molar-refractivity contribution in [2.24, 2.45) is 0 Å². The Kier molecular flexibility index (Phi) is 10.3. The number of hydrogen-bond acceptors (Lipinski definition) is 7. The minimum Gasteiger partial charge on any atom is -0.457 e. The first kappa shape index (κ1) is 31.9.